The van der Waals surface area contributed by atoms with Crippen LogP contribution in [0, 0.1) is 16.7 Å². The lowest BCUT2D eigenvalue weighted by atomic mass is 9.68. The maximum absolute atomic E-state index is 13.3. The number of nitrogens with zero attached hydrogens (tertiary/aromatic N) is 1. The van der Waals surface area contributed by atoms with E-state index < -0.39 is 10.0 Å². The second-order valence-electron chi connectivity index (χ2n) is 10.2. The van der Waals surface area contributed by atoms with Crippen molar-refractivity contribution < 1.29 is 13.2 Å². The molecule has 2 fully saturated rings. The summed E-state index contributed by atoms with van der Waals surface area (Å²) in [7, 11) is -2.23. The first kappa shape index (κ1) is 23.5. The largest absolute Gasteiger partial charge is 0.348 e. The highest BCUT2D eigenvalue weighted by molar-refractivity contribution is 9.10. The van der Waals surface area contributed by atoms with Crippen LogP contribution in [0.1, 0.15) is 56.0 Å². The van der Waals surface area contributed by atoms with Gasteiger partial charge in [-0.15, -0.1) is 0 Å². The Bertz CT molecular complexity index is 1130. The lowest BCUT2D eigenvalue weighted by molar-refractivity contribution is 0.0737. The van der Waals surface area contributed by atoms with E-state index in [9.17, 15) is 13.2 Å². The molecule has 2 aromatic carbocycles. The highest BCUT2D eigenvalue weighted by atomic mass is 79.9. The molecular formula is C25H31BrN2O3S. The number of hydrogen-bond acceptors (Lipinski definition) is 3. The number of nitrogens with one attached hydrogen (secondary N) is 1. The fraction of sp³-hybridized carbons (Fsp3) is 0.480. The van der Waals surface area contributed by atoms with Gasteiger partial charge in [-0.05, 0) is 75.7 Å². The topological polar surface area (TPSA) is 66.5 Å². The normalized spacial score (nSPS) is 26.4. The molecule has 2 aliphatic carbocycles. The zero-order valence-corrected chi connectivity index (χ0v) is 21.5. The summed E-state index contributed by atoms with van der Waals surface area (Å²) in [4.78, 5) is 13.3. The van der Waals surface area contributed by atoms with Crippen LogP contribution in [0.5, 0.6) is 0 Å². The van der Waals surface area contributed by atoms with Crippen LogP contribution >= 0.6 is 15.9 Å². The highest BCUT2D eigenvalue weighted by Gasteiger charge is 2.59. The molecule has 0 saturated heterocycles. The van der Waals surface area contributed by atoms with Gasteiger partial charge in [0, 0.05) is 29.7 Å². The van der Waals surface area contributed by atoms with Crippen molar-refractivity contribution >= 4 is 31.9 Å². The summed E-state index contributed by atoms with van der Waals surface area (Å²) in [5, 5.41) is 3.26. The van der Waals surface area contributed by atoms with Crippen molar-refractivity contribution in [3.05, 3.63) is 64.1 Å². The van der Waals surface area contributed by atoms with Gasteiger partial charge in [0.1, 0.15) is 0 Å². The smallest absolute Gasteiger partial charge is 0.251 e. The van der Waals surface area contributed by atoms with Crippen LogP contribution < -0.4 is 5.32 Å². The summed E-state index contributed by atoms with van der Waals surface area (Å²) in [5.41, 5.74) is 1.39. The van der Waals surface area contributed by atoms with E-state index in [1.807, 2.05) is 30.3 Å². The molecule has 2 aliphatic rings. The minimum absolute atomic E-state index is 0.0306. The van der Waals surface area contributed by atoms with E-state index in [-0.39, 0.29) is 34.2 Å². The van der Waals surface area contributed by atoms with Gasteiger partial charge in [-0.25, -0.2) is 8.42 Å². The van der Waals surface area contributed by atoms with Gasteiger partial charge in [0.25, 0.3) is 5.91 Å². The third-order valence-electron chi connectivity index (χ3n) is 7.67. The fourth-order valence-electron chi connectivity index (χ4n) is 5.81. The summed E-state index contributed by atoms with van der Waals surface area (Å²) < 4.78 is 28.4. The molecule has 0 radical (unpaired) electrons. The highest BCUT2D eigenvalue weighted by Crippen LogP contribution is 2.62. The first-order chi connectivity index (χ1) is 14.9. The van der Waals surface area contributed by atoms with Gasteiger partial charge in [0.05, 0.1) is 4.90 Å². The predicted octanol–water partition coefficient (Wildman–Crippen LogP) is 5.21. The monoisotopic (exact) mass is 518 g/mol. The second kappa shape index (κ2) is 8.26. The SMILES string of the molecule is CN(Cc1ccccc1)S(=O)(=O)c1cc(C(=O)NC2C(C)(C)[C@@H]3CC[C@]2(C)C3)ccc1Br. The van der Waals surface area contributed by atoms with E-state index in [0.29, 0.717) is 16.0 Å². The number of carbonyl (C=O) groups is 1. The fourth-order valence-corrected chi connectivity index (χ4v) is 7.92. The van der Waals surface area contributed by atoms with Gasteiger partial charge < -0.3 is 5.32 Å². The van der Waals surface area contributed by atoms with Gasteiger partial charge in [-0.1, -0.05) is 51.1 Å². The summed E-state index contributed by atoms with van der Waals surface area (Å²) in [5.74, 6) is 0.400. The van der Waals surface area contributed by atoms with E-state index in [2.05, 4.69) is 42.0 Å². The van der Waals surface area contributed by atoms with Crippen molar-refractivity contribution in [2.24, 2.45) is 16.7 Å². The number of benzene rings is 2. The molecule has 0 spiro atoms. The van der Waals surface area contributed by atoms with Crippen LogP contribution in [-0.4, -0.2) is 31.7 Å². The zero-order chi connectivity index (χ0) is 23.3. The zero-order valence-electron chi connectivity index (χ0n) is 19.1. The predicted molar refractivity (Wildman–Crippen MR) is 130 cm³/mol. The van der Waals surface area contributed by atoms with E-state index >= 15 is 0 Å². The van der Waals surface area contributed by atoms with E-state index in [1.165, 1.54) is 16.8 Å². The van der Waals surface area contributed by atoms with Crippen molar-refractivity contribution in [1.29, 1.82) is 0 Å². The number of sulfonamides is 1. The molecule has 0 heterocycles. The molecule has 172 valence electrons. The third kappa shape index (κ3) is 4.03. The summed E-state index contributed by atoms with van der Waals surface area (Å²) in [6.45, 7) is 7.00. The quantitative estimate of drug-likeness (QED) is 0.570. The van der Waals surface area contributed by atoms with Gasteiger partial charge >= 0.3 is 0 Å². The molecule has 3 atom stereocenters. The Morgan fingerprint density at radius 2 is 1.84 bits per heavy atom. The third-order valence-corrected chi connectivity index (χ3v) is 10.5. The van der Waals surface area contributed by atoms with Crippen LogP contribution in [0.3, 0.4) is 0 Å². The molecule has 1 N–H and O–H groups in total. The van der Waals surface area contributed by atoms with Gasteiger partial charge in [-0.2, -0.15) is 4.31 Å². The molecule has 7 heteroatoms. The molecule has 2 bridgehead atoms. The van der Waals surface area contributed by atoms with Crippen molar-refractivity contribution in [2.45, 2.75) is 57.5 Å². The summed E-state index contributed by atoms with van der Waals surface area (Å²) >= 11 is 3.37. The minimum atomic E-state index is -3.79. The van der Waals surface area contributed by atoms with Crippen LogP contribution in [0.4, 0.5) is 0 Å². The van der Waals surface area contributed by atoms with Gasteiger partial charge in [-0.3, -0.25) is 4.79 Å². The number of rotatable bonds is 6. The van der Waals surface area contributed by atoms with Crippen LogP contribution in [0.2, 0.25) is 0 Å². The van der Waals surface area contributed by atoms with Gasteiger partial charge in [0.15, 0.2) is 0 Å². The van der Waals surface area contributed by atoms with Crippen molar-refractivity contribution in [2.75, 3.05) is 7.05 Å². The maximum Gasteiger partial charge on any atom is 0.251 e. The van der Waals surface area contributed by atoms with E-state index in [0.717, 1.165) is 18.4 Å². The maximum atomic E-state index is 13.3. The van der Waals surface area contributed by atoms with E-state index in [1.54, 1.807) is 19.2 Å². The average Bonchev–Trinajstić information content (AvgIpc) is 3.23. The molecular weight excluding hydrogens is 488 g/mol. The molecule has 0 aliphatic heterocycles. The van der Waals surface area contributed by atoms with Crippen molar-refractivity contribution in [3.63, 3.8) is 0 Å². The van der Waals surface area contributed by atoms with Crippen LogP contribution in [0.15, 0.2) is 57.9 Å². The van der Waals surface area contributed by atoms with Crippen LogP contribution in [-0.2, 0) is 16.6 Å². The first-order valence-electron chi connectivity index (χ1n) is 11.1. The van der Waals surface area contributed by atoms with Crippen LogP contribution in [0.25, 0.3) is 0 Å². The number of carbonyl (C=O) groups excluding carboxylic acids is 1. The molecule has 5 nitrogen and oxygen atoms in total. The average molecular weight is 520 g/mol. The Balaban J connectivity index is 1.58. The molecule has 32 heavy (non-hydrogen) atoms. The minimum Gasteiger partial charge on any atom is -0.348 e. The Morgan fingerprint density at radius 3 is 2.47 bits per heavy atom. The Morgan fingerprint density at radius 1 is 1.16 bits per heavy atom. The molecule has 1 unspecified atom stereocenters. The number of amides is 1. The van der Waals surface area contributed by atoms with Crippen molar-refractivity contribution in [3.8, 4) is 0 Å². The lowest BCUT2D eigenvalue weighted by Crippen LogP contribution is -2.52. The Kier molecular flexibility index (Phi) is 6.06. The Hall–Kier alpha value is -1.70. The Labute approximate surface area is 199 Å². The molecule has 0 aromatic heterocycles. The summed E-state index contributed by atoms with van der Waals surface area (Å²) in [6.07, 6.45) is 3.47. The lowest BCUT2D eigenvalue weighted by Gasteiger charge is -2.43. The number of halogens is 1. The molecule has 2 saturated carbocycles. The second-order valence-corrected chi connectivity index (χ2v) is 13.1. The molecule has 1 amide bonds. The molecule has 4 rings (SSSR count). The number of hydrogen-bond donors (Lipinski definition) is 1. The summed E-state index contributed by atoms with van der Waals surface area (Å²) in [6, 6.07) is 14.3. The first-order valence-corrected chi connectivity index (χ1v) is 13.3. The molecule has 2 aromatic rings. The van der Waals surface area contributed by atoms with E-state index in [4.69, 9.17) is 0 Å². The van der Waals surface area contributed by atoms with Crippen molar-refractivity contribution in [1.82, 2.24) is 9.62 Å². The standard InChI is InChI=1S/C25H31BrN2O3S/c1-24(2)19-12-13-25(3,15-19)23(24)27-22(29)18-10-11-20(26)21(14-18)32(30,31)28(4)16-17-8-6-5-7-9-17/h5-11,14,19,23H,12-13,15-16H2,1-4H3,(H,27,29)/t19-,23?,25-/m1/s1. The number of fused-ring (bicyclic) bond motifs is 2. The van der Waals surface area contributed by atoms with Gasteiger partial charge in [0.2, 0.25) is 10.0 Å².